The summed E-state index contributed by atoms with van der Waals surface area (Å²) in [6, 6.07) is 4.66. The van der Waals surface area contributed by atoms with Crippen molar-refractivity contribution in [2.45, 2.75) is 6.92 Å². The smallest absolute Gasteiger partial charge is 0.295 e. The van der Waals surface area contributed by atoms with Crippen LogP contribution < -0.4 is 5.32 Å². The average Bonchev–Trinajstić information content (AvgIpc) is 2.85. The third-order valence-corrected chi connectivity index (χ3v) is 2.90. The van der Waals surface area contributed by atoms with E-state index in [-0.39, 0.29) is 11.7 Å². The first-order valence-corrected chi connectivity index (χ1v) is 6.48. The molecule has 21 heavy (non-hydrogen) atoms. The van der Waals surface area contributed by atoms with E-state index in [1.807, 2.05) is 0 Å². The monoisotopic (exact) mass is 307 g/mol. The quantitative estimate of drug-likeness (QED) is 0.903. The number of hydrogen-bond donors (Lipinski definition) is 2. The molecule has 0 fully saturated rings. The number of nitrogens with one attached hydrogen (secondary N) is 2. The lowest BCUT2D eigenvalue weighted by atomic mass is 10.1. The lowest BCUT2D eigenvalue weighted by molar-refractivity contribution is 0.0828. The molecule has 2 amide bonds. The highest BCUT2D eigenvalue weighted by atomic mass is 35.5. The molecule has 1 aromatic heterocycles. The topological polar surface area (TPSA) is 91.0 Å². The Morgan fingerprint density at radius 1 is 1.33 bits per heavy atom. The minimum atomic E-state index is -0.519. The summed E-state index contributed by atoms with van der Waals surface area (Å²) in [6.45, 7) is 1.68. The molecular formula is C13H14ClN5O2. The van der Waals surface area contributed by atoms with Crippen LogP contribution in [-0.4, -0.2) is 46.0 Å². The number of aromatic amines is 1. The molecule has 7 nitrogen and oxygen atoms in total. The molecule has 0 unspecified atom stereocenters. The number of aromatic nitrogens is 3. The maximum absolute atomic E-state index is 12.1. The fraction of sp³-hybridized carbons (Fsp3) is 0.231. The van der Waals surface area contributed by atoms with Crippen LogP contribution in [0.1, 0.15) is 26.8 Å². The van der Waals surface area contributed by atoms with E-state index >= 15 is 0 Å². The van der Waals surface area contributed by atoms with Gasteiger partial charge in [-0.25, -0.2) is 4.98 Å². The van der Waals surface area contributed by atoms with Crippen molar-refractivity contribution in [2.75, 3.05) is 19.4 Å². The minimum Gasteiger partial charge on any atom is -0.345 e. The fourth-order valence-corrected chi connectivity index (χ4v) is 1.84. The predicted molar refractivity (Wildman–Crippen MR) is 78.5 cm³/mol. The van der Waals surface area contributed by atoms with Crippen molar-refractivity contribution >= 4 is 29.1 Å². The molecule has 0 bridgehead atoms. The molecule has 0 atom stereocenters. The van der Waals surface area contributed by atoms with E-state index in [9.17, 15) is 9.59 Å². The zero-order chi connectivity index (χ0) is 15.6. The summed E-state index contributed by atoms with van der Waals surface area (Å²) in [6.07, 6.45) is 0. The van der Waals surface area contributed by atoms with Crippen molar-refractivity contribution in [1.29, 1.82) is 0 Å². The van der Waals surface area contributed by atoms with Crippen LogP contribution in [0.5, 0.6) is 0 Å². The first-order chi connectivity index (χ1) is 9.88. The number of nitrogens with zero attached hydrogens (tertiary/aromatic N) is 3. The Bertz CT molecular complexity index is 696. The summed E-state index contributed by atoms with van der Waals surface area (Å²) in [5.41, 5.74) is 0.652. The summed E-state index contributed by atoms with van der Waals surface area (Å²) in [5, 5.41) is 9.36. The van der Waals surface area contributed by atoms with E-state index in [1.165, 1.54) is 11.0 Å². The van der Waals surface area contributed by atoms with Gasteiger partial charge in [-0.2, -0.15) is 0 Å². The molecule has 0 saturated heterocycles. The maximum Gasteiger partial charge on any atom is 0.295 e. The van der Waals surface area contributed by atoms with Crippen molar-refractivity contribution in [1.82, 2.24) is 20.1 Å². The van der Waals surface area contributed by atoms with Gasteiger partial charge in [0.2, 0.25) is 5.82 Å². The van der Waals surface area contributed by atoms with Gasteiger partial charge < -0.3 is 10.2 Å². The highest BCUT2D eigenvalue weighted by Crippen LogP contribution is 2.22. The largest absolute Gasteiger partial charge is 0.345 e. The molecular weight excluding hydrogens is 294 g/mol. The van der Waals surface area contributed by atoms with Gasteiger partial charge in [-0.15, -0.1) is 5.10 Å². The maximum atomic E-state index is 12.1. The number of amides is 2. The van der Waals surface area contributed by atoms with Crippen LogP contribution in [0, 0.1) is 6.92 Å². The summed E-state index contributed by atoms with van der Waals surface area (Å²) in [5.74, 6) is -0.242. The SMILES string of the molecule is Cc1nc(C(=O)Nc2cc(Cl)ccc2C(=O)N(C)C)n[nH]1. The van der Waals surface area contributed by atoms with Gasteiger partial charge in [0.15, 0.2) is 0 Å². The van der Waals surface area contributed by atoms with Crippen molar-refractivity contribution < 1.29 is 9.59 Å². The molecule has 2 aromatic rings. The van der Waals surface area contributed by atoms with Crippen LogP contribution in [0.25, 0.3) is 0 Å². The average molecular weight is 308 g/mol. The van der Waals surface area contributed by atoms with Crippen molar-refractivity contribution in [3.8, 4) is 0 Å². The van der Waals surface area contributed by atoms with Crippen LogP contribution >= 0.6 is 11.6 Å². The normalized spacial score (nSPS) is 10.3. The number of benzene rings is 1. The van der Waals surface area contributed by atoms with Crippen molar-refractivity contribution in [3.63, 3.8) is 0 Å². The summed E-state index contributed by atoms with van der Waals surface area (Å²) >= 11 is 5.92. The highest BCUT2D eigenvalue weighted by molar-refractivity contribution is 6.31. The van der Waals surface area contributed by atoms with Crippen LogP contribution in [0.2, 0.25) is 5.02 Å². The van der Waals surface area contributed by atoms with E-state index in [1.54, 1.807) is 33.2 Å². The number of rotatable bonds is 3. The third kappa shape index (κ3) is 3.38. The van der Waals surface area contributed by atoms with Gasteiger partial charge >= 0.3 is 0 Å². The van der Waals surface area contributed by atoms with Crippen molar-refractivity contribution in [2.24, 2.45) is 0 Å². The zero-order valence-electron chi connectivity index (χ0n) is 11.8. The standard InChI is InChI=1S/C13H14ClN5O2/c1-7-15-11(18-17-7)12(20)16-10-6-8(14)4-5-9(10)13(21)19(2)3/h4-6H,1-3H3,(H,16,20)(H,15,17,18). The molecule has 0 aliphatic heterocycles. The highest BCUT2D eigenvalue weighted by Gasteiger charge is 2.18. The molecule has 0 aliphatic carbocycles. The molecule has 1 aromatic carbocycles. The number of aryl methyl sites for hydroxylation is 1. The summed E-state index contributed by atoms with van der Waals surface area (Å²) in [4.78, 5) is 29.5. The van der Waals surface area contributed by atoms with Gasteiger partial charge in [-0.3, -0.25) is 14.7 Å². The van der Waals surface area contributed by atoms with E-state index in [4.69, 9.17) is 11.6 Å². The van der Waals surface area contributed by atoms with Crippen molar-refractivity contribution in [3.05, 3.63) is 40.4 Å². The number of anilines is 1. The molecule has 0 spiro atoms. The molecule has 1 heterocycles. The lowest BCUT2D eigenvalue weighted by Crippen LogP contribution is -2.24. The Morgan fingerprint density at radius 2 is 2.05 bits per heavy atom. The second kappa shape index (κ2) is 5.92. The molecule has 8 heteroatoms. The van der Waals surface area contributed by atoms with Crippen LogP contribution in [0.3, 0.4) is 0 Å². The lowest BCUT2D eigenvalue weighted by Gasteiger charge is -2.14. The molecule has 2 N–H and O–H groups in total. The fourth-order valence-electron chi connectivity index (χ4n) is 1.67. The first kappa shape index (κ1) is 15.0. The number of H-pyrrole nitrogens is 1. The number of halogens is 1. The predicted octanol–water partition coefficient (Wildman–Crippen LogP) is 1.72. The van der Waals surface area contributed by atoms with Crippen LogP contribution in [0.4, 0.5) is 5.69 Å². The second-order valence-corrected chi connectivity index (χ2v) is 5.02. The number of carbonyl (C=O) groups is 2. The van der Waals surface area contributed by atoms with E-state index in [0.717, 1.165) is 0 Å². The third-order valence-electron chi connectivity index (χ3n) is 2.67. The molecule has 2 rings (SSSR count). The van der Waals surface area contributed by atoms with Gasteiger partial charge in [-0.05, 0) is 25.1 Å². The van der Waals surface area contributed by atoms with E-state index < -0.39 is 5.91 Å². The first-order valence-electron chi connectivity index (χ1n) is 6.10. The van der Waals surface area contributed by atoms with Crippen LogP contribution in [-0.2, 0) is 0 Å². The Balaban J connectivity index is 2.32. The van der Waals surface area contributed by atoms with Crippen LogP contribution in [0.15, 0.2) is 18.2 Å². The molecule has 0 saturated carbocycles. The Morgan fingerprint density at radius 3 is 2.62 bits per heavy atom. The van der Waals surface area contributed by atoms with Gasteiger partial charge in [0.25, 0.3) is 11.8 Å². The molecule has 110 valence electrons. The second-order valence-electron chi connectivity index (χ2n) is 4.59. The molecule has 0 radical (unpaired) electrons. The minimum absolute atomic E-state index is 0.00396. The zero-order valence-corrected chi connectivity index (χ0v) is 12.5. The number of hydrogen-bond acceptors (Lipinski definition) is 4. The summed E-state index contributed by atoms with van der Waals surface area (Å²) in [7, 11) is 3.25. The Labute approximate surface area is 126 Å². The van der Waals surface area contributed by atoms with Gasteiger partial charge in [0.05, 0.1) is 11.3 Å². The van der Waals surface area contributed by atoms with E-state index in [2.05, 4.69) is 20.5 Å². The Kier molecular flexibility index (Phi) is 4.23. The molecule has 0 aliphatic rings. The van der Waals surface area contributed by atoms with E-state index in [0.29, 0.717) is 22.1 Å². The number of carbonyl (C=O) groups excluding carboxylic acids is 2. The van der Waals surface area contributed by atoms with Gasteiger partial charge in [-0.1, -0.05) is 11.6 Å². The Hall–Kier alpha value is -2.41. The van der Waals surface area contributed by atoms with Gasteiger partial charge in [0.1, 0.15) is 5.82 Å². The van der Waals surface area contributed by atoms with Gasteiger partial charge in [0, 0.05) is 19.1 Å². The summed E-state index contributed by atoms with van der Waals surface area (Å²) < 4.78 is 0.